The smallest absolute Gasteiger partial charge is 0.274 e. The molecular weight excluding hydrogens is 306 g/mol. The number of aromatic hydroxyl groups is 1. The van der Waals surface area contributed by atoms with Crippen LogP contribution in [0.25, 0.3) is 0 Å². The number of fused-ring (bicyclic) bond motifs is 1. The van der Waals surface area contributed by atoms with Gasteiger partial charge >= 0.3 is 0 Å². The lowest BCUT2D eigenvalue weighted by atomic mass is 9.95. The lowest BCUT2D eigenvalue weighted by Crippen LogP contribution is -2.46. The van der Waals surface area contributed by atoms with Crippen molar-refractivity contribution in [3.8, 4) is 5.75 Å². The molecule has 0 bridgehead atoms. The largest absolute Gasteiger partial charge is 0.503 e. The van der Waals surface area contributed by atoms with E-state index in [4.69, 9.17) is 0 Å². The van der Waals surface area contributed by atoms with Gasteiger partial charge in [-0.15, -0.1) is 0 Å². The van der Waals surface area contributed by atoms with E-state index in [1.165, 1.54) is 25.3 Å². The quantitative estimate of drug-likeness (QED) is 0.882. The summed E-state index contributed by atoms with van der Waals surface area (Å²) in [6.07, 6.45) is 6.11. The summed E-state index contributed by atoms with van der Waals surface area (Å²) in [7, 11) is 0. The van der Waals surface area contributed by atoms with Crippen molar-refractivity contribution in [3.63, 3.8) is 0 Å². The van der Waals surface area contributed by atoms with E-state index >= 15 is 0 Å². The van der Waals surface area contributed by atoms with Gasteiger partial charge in [0.05, 0.1) is 0 Å². The molecule has 1 aliphatic carbocycles. The Labute approximate surface area is 142 Å². The predicted octanol–water partition coefficient (Wildman–Crippen LogP) is 1.84. The van der Waals surface area contributed by atoms with Crippen LogP contribution < -0.4 is 10.7 Å². The third kappa shape index (κ3) is 3.20. The van der Waals surface area contributed by atoms with Crippen LogP contribution in [0.4, 0.5) is 0 Å². The number of hydrogen-bond acceptors (Lipinski definition) is 4. The highest BCUT2D eigenvalue weighted by atomic mass is 16.3. The Hall–Kier alpha value is -1.82. The maximum atomic E-state index is 12.7. The first kappa shape index (κ1) is 17.0. The van der Waals surface area contributed by atoms with Crippen LogP contribution in [0, 0.1) is 0 Å². The van der Waals surface area contributed by atoms with E-state index in [2.05, 4.69) is 5.32 Å². The Morgan fingerprint density at radius 3 is 2.58 bits per heavy atom. The van der Waals surface area contributed by atoms with Crippen LogP contribution in [0.15, 0.2) is 10.9 Å². The molecule has 6 heteroatoms. The Morgan fingerprint density at radius 1 is 1.21 bits per heavy atom. The van der Waals surface area contributed by atoms with Crippen molar-refractivity contribution in [2.75, 3.05) is 6.54 Å². The van der Waals surface area contributed by atoms with Crippen LogP contribution in [0.1, 0.15) is 62.1 Å². The van der Waals surface area contributed by atoms with Crippen molar-refractivity contribution in [2.24, 2.45) is 0 Å². The topological polar surface area (TPSA) is 74.6 Å². The fourth-order valence-corrected chi connectivity index (χ4v) is 3.80. The Bertz CT molecular complexity index is 675. The lowest BCUT2D eigenvalue weighted by molar-refractivity contribution is 0.0639. The fourth-order valence-electron chi connectivity index (χ4n) is 3.80. The number of hydrogen-bond donors (Lipinski definition) is 2. The molecule has 132 valence electrons. The average Bonchev–Trinajstić information content (AvgIpc) is 2.57. The van der Waals surface area contributed by atoms with Gasteiger partial charge in [0.2, 0.25) is 5.43 Å². The van der Waals surface area contributed by atoms with E-state index in [0.29, 0.717) is 25.7 Å². The third-order valence-corrected chi connectivity index (χ3v) is 5.20. The second kappa shape index (κ2) is 6.97. The van der Waals surface area contributed by atoms with Crippen molar-refractivity contribution >= 4 is 5.91 Å². The molecule has 1 saturated carbocycles. The zero-order chi connectivity index (χ0) is 17.3. The van der Waals surface area contributed by atoms with E-state index in [1.807, 2.05) is 18.4 Å². The molecule has 0 radical (unpaired) electrons. The van der Waals surface area contributed by atoms with Gasteiger partial charge in [-0.1, -0.05) is 19.3 Å². The predicted molar refractivity (Wildman–Crippen MR) is 92.3 cm³/mol. The normalized spacial score (nSPS) is 19.0. The van der Waals surface area contributed by atoms with E-state index < -0.39 is 11.2 Å². The average molecular weight is 333 g/mol. The van der Waals surface area contributed by atoms with Gasteiger partial charge in [-0.2, -0.15) is 0 Å². The molecule has 0 spiro atoms. The van der Waals surface area contributed by atoms with E-state index in [9.17, 15) is 14.7 Å². The van der Waals surface area contributed by atoms with Crippen LogP contribution in [0.5, 0.6) is 5.75 Å². The highest BCUT2D eigenvalue weighted by Gasteiger charge is 2.31. The molecule has 0 aromatic carbocycles. The van der Waals surface area contributed by atoms with Crippen LogP contribution in [0.3, 0.4) is 0 Å². The Morgan fingerprint density at radius 2 is 1.92 bits per heavy atom. The summed E-state index contributed by atoms with van der Waals surface area (Å²) >= 11 is 0. The molecule has 3 rings (SSSR count). The standard InChI is InChI=1S/C18H27N3O3/c1-12(2)20-8-9-21-14(11-19-13-6-4-3-5-7-13)10-15(22)17(23)16(21)18(20)24/h10,12-13,19,23H,3-9,11H2,1-2H3. The summed E-state index contributed by atoms with van der Waals surface area (Å²) in [4.78, 5) is 26.5. The lowest BCUT2D eigenvalue weighted by Gasteiger charge is -2.34. The maximum Gasteiger partial charge on any atom is 0.274 e. The van der Waals surface area contributed by atoms with Crippen LogP contribution in [0.2, 0.25) is 0 Å². The number of rotatable bonds is 4. The van der Waals surface area contributed by atoms with Crippen molar-refractivity contribution in [1.29, 1.82) is 0 Å². The highest BCUT2D eigenvalue weighted by Crippen LogP contribution is 2.23. The Kier molecular flexibility index (Phi) is 4.94. The zero-order valence-electron chi connectivity index (χ0n) is 14.5. The second-order valence-corrected chi connectivity index (χ2v) is 7.16. The number of nitrogens with one attached hydrogen (secondary N) is 1. The molecule has 1 fully saturated rings. The highest BCUT2D eigenvalue weighted by molar-refractivity contribution is 5.96. The van der Waals surface area contributed by atoms with Gasteiger partial charge in [0.1, 0.15) is 0 Å². The summed E-state index contributed by atoms with van der Waals surface area (Å²) in [5, 5.41) is 13.7. The summed E-state index contributed by atoms with van der Waals surface area (Å²) in [6, 6.07) is 1.99. The van der Waals surface area contributed by atoms with Gasteiger partial charge in [0.15, 0.2) is 11.4 Å². The molecule has 2 N–H and O–H groups in total. The minimum Gasteiger partial charge on any atom is -0.503 e. The molecule has 24 heavy (non-hydrogen) atoms. The van der Waals surface area contributed by atoms with Gasteiger partial charge in [-0.05, 0) is 26.7 Å². The molecule has 1 aliphatic heterocycles. The summed E-state index contributed by atoms with van der Waals surface area (Å²) in [5.74, 6) is -0.683. The maximum absolute atomic E-state index is 12.7. The van der Waals surface area contributed by atoms with E-state index in [-0.39, 0.29) is 17.6 Å². The van der Waals surface area contributed by atoms with Crippen molar-refractivity contribution in [2.45, 2.75) is 71.1 Å². The van der Waals surface area contributed by atoms with E-state index in [1.54, 1.807) is 4.90 Å². The number of amides is 1. The monoisotopic (exact) mass is 333 g/mol. The molecule has 0 saturated heterocycles. The molecule has 6 nitrogen and oxygen atoms in total. The van der Waals surface area contributed by atoms with Gasteiger partial charge in [0, 0.05) is 43.5 Å². The van der Waals surface area contributed by atoms with E-state index in [0.717, 1.165) is 18.5 Å². The Balaban J connectivity index is 1.87. The molecule has 0 unspecified atom stereocenters. The van der Waals surface area contributed by atoms with Crippen molar-refractivity contribution in [1.82, 2.24) is 14.8 Å². The molecule has 0 atom stereocenters. The molecule has 2 aliphatic rings. The number of carbonyl (C=O) groups excluding carboxylic acids is 1. The van der Waals surface area contributed by atoms with Crippen LogP contribution >= 0.6 is 0 Å². The first-order chi connectivity index (χ1) is 11.5. The molecule has 1 aromatic heterocycles. The summed E-state index contributed by atoms with van der Waals surface area (Å²) in [6.45, 7) is 5.65. The number of aromatic nitrogens is 1. The van der Waals surface area contributed by atoms with Crippen molar-refractivity contribution in [3.05, 3.63) is 27.7 Å². The summed E-state index contributed by atoms with van der Waals surface area (Å²) in [5.41, 5.74) is 0.457. The van der Waals surface area contributed by atoms with Gasteiger partial charge in [-0.25, -0.2) is 0 Å². The van der Waals surface area contributed by atoms with Crippen molar-refractivity contribution < 1.29 is 9.90 Å². The zero-order valence-corrected chi connectivity index (χ0v) is 14.5. The fraction of sp³-hybridized carbons (Fsp3) is 0.667. The third-order valence-electron chi connectivity index (χ3n) is 5.20. The molecule has 1 amide bonds. The van der Waals surface area contributed by atoms with Gasteiger partial charge < -0.3 is 19.9 Å². The van der Waals surface area contributed by atoms with Crippen LogP contribution in [-0.4, -0.2) is 39.1 Å². The number of nitrogens with zero attached hydrogens (tertiary/aromatic N) is 2. The molecule has 2 heterocycles. The van der Waals surface area contributed by atoms with Gasteiger partial charge in [0.25, 0.3) is 5.91 Å². The first-order valence-corrected chi connectivity index (χ1v) is 8.99. The minimum atomic E-state index is -0.472. The molecular formula is C18H27N3O3. The van der Waals surface area contributed by atoms with Gasteiger partial charge in [-0.3, -0.25) is 9.59 Å². The van der Waals surface area contributed by atoms with Crippen LogP contribution in [-0.2, 0) is 13.1 Å². The minimum absolute atomic E-state index is 0.0461. The number of pyridine rings is 1. The molecule has 1 aromatic rings. The number of carbonyl (C=O) groups is 1. The SMILES string of the molecule is CC(C)N1CCn2c(CNC3CCCCC3)cc(=O)c(O)c2C1=O. The first-order valence-electron chi connectivity index (χ1n) is 8.99. The second-order valence-electron chi connectivity index (χ2n) is 7.16. The summed E-state index contributed by atoms with van der Waals surface area (Å²) < 4.78 is 1.81.